The Morgan fingerprint density at radius 3 is 2.38 bits per heavy atom. The van der Waals surface area contributed by atoms with Crippen molar-refractivity contribution in [2.45, 2.75) is 19.9 Å². The Labute approximate surface area is 199 Å². The molecule has 9 nitrogen and oxygen atoms in total. The highest BCUT2D eigenvalue weighted by Gasteiger charge is 2.25. The van der Waals surface area contributed by atoms with Crippen molar-refractivity contribution < 1.29 is 23.9 Å². The number of imidazole rings is 1. The SMILES string of the molecule is CC(C)[C@@H](CO)NC(=O)c1ncn(-c2ccc(NC(=O)c3ccc(F)cc3Cl)cc2)c1C(N)=O. The van der Waals surface area contributed by atoms with Gasteiger partial charge in [-0.15, -0.1) is 0 Å². The summed E-state index contributed by atoms with van der Waals surface area (Å²) in [5, 5.41) is 14.7. The van der Waals surface area contributed by atoms with Crippen molar-refractivity contribution in [1.29, 1.82) is 0 Å². The third-order valence-electron chi connectivity index (χ3n) is 5.11. The summed E-state index contributed by atoms with van der Waals surface area (Å²) in [5.41, 5.74) is 6.19. The van der Waals surface area contributed by atoms with Gasteiger partial charge in [0.15, 0.2) is 5.69 Å². The number of rotatable bonds is 8. The van der Waals surface area contributed by atoms with Crippen molar-refractivity contribution in [2.24, 2.45) is 11.7 Å². The molecule has 1 atom stereocenters. The Hall–Kier alpha value is -3.76. The predicted molar refractivity (Wildman–Crippen MR) is 125 cm³/mol. The van der Waals surface area contributed by atoms with Crippen LogP contribution in [-0.2, 0) is 0 Å². The van der Waals surface area contributed by atoms with E-state index >= 15 is 0 Å². The number of nitrogens with two attached hydrogens (primary N) is 1. The number of carbonyl (C=O) groups excluding carboxylic acids is 3. The summed E-state index contributed by atoms with van der Waals surface area (Å²) in [5.74, 6) is -2.63. The molecule has 34 heavy (non-hydrogen) atoms. The minimum Gasteiger partial charge on any atom is -0.394 e. The number of anilines is 1. The van der Waals surface area contributed by atoms with Crippen LogP contribution in [0.3, 0.4) is 0 Å². The molecule has 5 N–H and O–H groups in total. The number of aliphatic hydroxyl groups excluding tert-OH is 1. The molecule has 0 aliphatic heterocycles. The maximum Gasteiger partial charge on any atom is 0.272 e. The average Bonchev–Trinajstić information content (AvgIpc) is 3.23. The number of nitrogens with one attached hydrogen (secondary N) is 2. The van der Waals surface area contributed by atoms with Gasteiger partial charge in [-0.3, -0.25) is 19.0 Å². The first-order chi connectivity index (χ1) is 16.1. The van der Waals surface area contributed by atoms with E-state index < -0.39 is 29.6 Å². The second-order valence-electron chi connectivity index (χ2n) is 7.81. The van der Waals surface area contributed by atoms with Gasteiger partial charge in [-0.1, -0.05) is 25.4 Å². The second-order valence-corrected chi connectivity index (χ2v) is 8.21. The molecular weight excluding hydrogens is 465 g/mol. The van der Waals surface area contributed by atoms with E-state index in [1.165, 1.54) is 17.0 Å². The van der Waals surface area contributed by atoms with E-state index in [2.05, 4.69) is 15.6 Å². The molecule has 3 aromatic rings. The molecular formula is C23H23ClFN5O4. The lowest BCUT2D eigenvalue weighted by Gasteiger charge is -2.19. The Morgan fingerprint density at radius 2 is 1.82 bits per heavy atom. The Morgan fingerprint density at radius 1 is 1.15 bits per heavy atom. The third-order valence-corrected chi connectivity index (χ3v) is 5.43. The molecule has 0 aliphatic rings. The summed E-state index contributed by atoms with van der Waals surface area (Å²) < 4.78 is 14.6. The van der Waals surface area contributed by atoms with Crippen molar-refractivity contribution >= 4 is 35.0 Å². The summed E-state index contributed by atoms with van der Waals surface area (Å²) >= 11 is 5.93. The van der Waals surface area contributed by atoms with Gasteiger partial charge in [0.25, 0.3) is 17.7 Å². The van der Waals surface area contributed by atoms with Crippen LogP contribution in [0.2, 0.25) is 5.02 Å². The number of hydrogen-bond donors (Lipinski definition) is 4. The fraction of sp³-hybridized carbons (Fsp3) is 0.217. The second kappa shape index (κ2) is 10.4. The largest absolute Gasteiger partial charge is 0.394 e. The molecule has 11 heteroatoms. The van der Waals surface area contributed by atoms with Crippen molar-refractivity contribution in [3.63, 3.8) is 0 Å². The Bertz CT molecular complexity index is 1230. The van der Waals surface area contributed by atoms with Gasteiger partial charge < -0.3 is 21.5 Å². The first-order valence-electron chi connectivity index (χ1n) is 10.3. The van der Waals surface area contributed by atoms with Gasteiger partial charge >= 0.3 is 0 Å². The Balaban J connectivity index is 1.83. The molecule has 0 fully saturated rings. The highest BCUT2D eigenvalue weighted by Crippen LogP contribution is 2.21. The summed E-state index contributed by atoms with van der Waals surface area (Å²) in [4.78, 5) is 41.3. The number of primary amides is 1. The topological polar surface area (TPSA) is 139 Å². The summed E-state index contributed by atoms with van der Waals surface area (Å²) in [7, 11) is 0. The van der Waals surface area contributed by atoms with Gasteiger partial charge in [-0.05, 0) is 48.4 Å². The van der Waals surface area contributed by atoms with Crippen LogP contribution in [0, 0.1) is 11.7 Å². The van der Waals surface area contributed by atoms with Crippen LogP contribution in [0.1, 0.15) is 45.2 Å². The quantitative estimate of drug-likeness (QED) is 0.387. The monoisotopic (exact) mass is 487 g/mol. The lowest BCUT2D eigenvalue weighted by molar-refractivity contribution is 0.0881. The smallest absolute Gasteiger partial charge is 0.272 e. The van der Waals surface area contributed by atoms with Crippen molar-refractivity contribution in [2.75, 3.05) is 11.9 Å². The number of nitrogens with zero attached hydrogens (tertiary/aromatic N) is 2. The van der Waals surface area contributed by atoms with E-state index in [1.807, 2.05) is 13.8 Å². The van der Waals surface area contributed by atoms with E-state index in [4.69, 9.17) is 17.3 Å². The highest BCUT2D eigenvalue weighted by molar-refractivity contribution is 6.34. The molecule has 1 aromatic heterocycles. The molecule has 0 bridgehead atoms. The molecule has 0 unspecified atom stereocenters. The number of halogens is 2. The summed E-state index contributed by atoms with van der Waals surface area (Å²) in [6.07, 6.45) is 1.28. The molecule has 3 rings (SSSR count). The first kappa shape index (κ1) is 24.9. The van der Waals surface area contributed by atoms with Crippen LogP contribution in [0.4, 0.5) is 10.1 Å². The van der Waals surface area contributed by atoms with E-state index in [9.17, 15) is 23.9 Å². The normalized spacial score (nSPS) is 11.8. The zero-order valence-electron chi connectivity index (χ0n) is 18.4. The van der Waals surface area contributed by atoms with Gasteiger partial charge in [0.2, 0.25) is 0 Å². The van der Waals surface area contributed by atoms with Gasteiger partial charge in [0.05, 0.1) is 23.2 Å². The van der Waals surface area contributed by atoms with Crippen LogP contribution < -0.4 is 16.4 Å². The van der Waals surface area contributed by atoms with E-state index in [0.29, 0.717) is 11.4 Å². The first-order valence-corrected chi connectivity index (χ1v) is 10.7. The summed E-state index contributed by atoms with van der Waals surface area (Å²) in [6.45, 7) is 3.39. The standard InChI is InChI=1S/C23H23ClFN5O4/c1-12(2)18(10-31)29-23(34)19-20(21(26)32)30(11-27-19)15-6-4-14(5-7-15)28-22(33)16-8-3-13(25)9-17(16)24/h3-9,11-12,18,31H,10H2,1-2H3,(H2,26,32)(H,28,33)(H,29,34)/t18-/m1/s1. The van der Waals surface area contributed by atoms with Gasteiger partial charge in [0, 0.05) is 11.4 Å². The van der Waals surface area contributed by atoms with E-state index in [1.54, 1.807) is 24.3 Å². The number of hydrogen-bond acceptors (Lipinski definition) is 5. The lowest BCUT2D eigenvalue weighted by atomic mass is 10.1. The minimum absolute atomic E-state index is 0.0228. The van der Waals surface area contributed by atoms with Gasteiger partial charge in [0.1, 0.15) is 17.8 Å². The van der Waals surface area contributed by atoms with Crippen molar-refractivity contribution in [3.8, 4) is 5.69 Å². The number of aliphatic hydroxyl groups is 1. The van der Waals surface area contributed by atoms with Crippen LogP contribution in [-0.4, -0.2) is 45.0 Å². The number of amides is 3. The highest BCUT2D eigenvalue weighted by atomic mass is 35.5. The molecule has 0 saturated heterocycles. The molecule has 3 amide bonds. The lowest BCUT2D eigenvalue weighted by Crippen LogP contribution is -2.42. The number of benzene rings is 2. The zero-order valence-corrected chi connectivity index (χ0v) is 19.1. The molecule has 1 heterocycles. The van der Waals surface area contributed by atoms with Crippen molar-refractivity contribution in [3.05, 3.63) is 76.6 Å². The van der Waals surface area contributed by atoms with Gasteiger partial charge in [-0.25, -0.2) is 9.37 Å². The molecule has 178 valence electrons. The summed E-state index contributed by atoms with van der Waals surface area (Å²) in [6, 6.07) is 9.24. The van der Waals surface area contributed by atoms with E-state index in [0.717, 1.165) is 12.1 Å². The van der Waals surface area contributed by atoms with Crippen LogP contribution >= 0.6 is 11.6 Å². The molecule has 2 aromatic carbocycles. The van der Waals surface area contributed by atoms with E-state index in [-0.39, 0.29) is 34.5 Å². The van der Waals surface area contributed by atoms with Crippen LogP contribution in [0.25, 0.3) is 5.69 Å². The molecule has 0 spiro atoms. The maximum absolute atomic E-state index is 13.2. The van der Waals surface area contributed by atoms with Crippen molar-refractivity contribution in [1.82, 2.24) is 14.9 Å². The Kier molecular flexibility index (Phi) is 7.64. The maximum atomic E-state index is 13.2. The zero-order chi connectivity index (χ0) is 25.0. The fourth-order valence-electron chi connectivity index (χ4n) is 3.18. The molecule has 0 saturated carbocycles. The molecule has 0 radical (unpaired) electrons. The molecule has 0 aliphatic carbocycles. The number of aromatic nitrogens is 2. The van der Waals surface area contributed by atoms with Crippen LogP contribution in [0.15, 0.2) is 48.8 Å². The van der Waals surface area contributed by atoms with Crippen LogP contribution in [0.5, 0.6) is 0 Å². The van der Waals surface area contributed by atoms with Gasteiger partial charge in [-0.2, -0.15) is 0 Å². The fourth-order valence-corrected chi connectivity index (χ4v) is 3.44. The predicted octanol–water partition coefficient (Wildman–Crippen LogP) is 2.76. The minimum atomic E-state index is -0.865. The number of carbonyl (C=O) groups is 3. The average molecular weight is 488 g/mol. The third kappa shape index (κ3) is 5.41.